The zero-order chi connectivity index (χ0) is 19.3. The molecule has 10 nitrogen and oxygen atoms in total. The number of hydrogen-bond donors (Lipinski definition) is 1. The predicted octanol–water partition coefficient (Wildman–Crippen LogP) is 2.92. The first-order chi connectivity index (χ1) is 12.3. The molecule has 0 aliphatic carbocycles. The van der Waals surface area contributed by atoms with E-state index >= 15 is 0 Å². The number of methoxy groups -OCH3 is 1. The van der Waals surface area contributed by atoms with E-state index in [0.29, 0.717) is 0 Å². The second kappa shape index (κ2) is 7.92. The number of amides is 1. The molecule has 0 saturated heterocycles. The van der Waals surface area contributed by atoms with Gasteiger partial charge in [-0.1, -0.05) is 12.1 Å². The van der Waals surface area contributed by atoms with Gasteiger partial charge in [-0.3, -0.25) is 25.0 Å². The van der Waals surface area contributed by atoms with E-state index in [4.69, 9.17) is 9.47 Å². The summed E-state index contributed by atoms with van der Waals surface area (Å²) < 4.78 is 10.5. The number of nitro groups is 2. The van der Waals surface area contributed by atoms with Crippen molar-refractivity contribution in [2.45, 2.75) is 13.0 Å². The van der Waals surface area contributed by atoms with Gasteiger partial charge in [-0.05, 0) is 19.1 Å². The molecule has 136 valence electrons. The molecular formula is C16H15N3O7. The van der Waals surface area contributed by atoms with Gasteiger partial charge in [0.1, 0.15) is 5.69 Å². The van der Waals surface area contributed by atoms with Crippen LogP contribution in [0.2, 0.25) is 0 Å². The lowest BCUT2D eigenvalue weighted by atomic mass is 10.2. The van der Waals surface area contributed by atoms with Crippen molar-refractivity contribution in [1.82, 2.24) is 0 Å². The van der Waals surface area contributed by atoms with Crippen molar-refractivity contribution in [3.63, 3.8) is 0 Å². The molecule has 0 heterocycles. The molecule has 0 aromatic heterocycles. The number of carbonyl (C=O) groups is 1. The Balaban J connectivity index is 2.19. The molecule has 0 aliphatic rings. The lowest BCUT2D eigenvalue weighted by Crippen LogP contribution is -2.30. The highest BCUT2D eigenvalue weighted by Gasteiger charge is 2.22. The number of nitro benzene ring substituents is 2. The average molecular weight is 361 g/mol. The van der Waals surface area contributed by atoms with Gasteiger partial charge >= 0.3 is 0 Å². The Morgan fingerprint density at radius 2 is 1.77 bits per heavy atom. The first-order valence-corrected chi connectivity index (χ1v) is 7.37. The second-order valence-corrected chi connectivity index (χ2v) is 5.12. The number of rotatable bonds is 7. The number of ether oxygens (including phenoxy) is 2. The maximum absolute atomic E-state index is 12.3. The molecule has 1 amide bonds. The van der Waals surface area contributed by atoms with E-state index < -0.39 is 21.9 Å². The van der Waals surface area contributed by atoms with Gasteiger partial charge < -0.3 is 14.8 Å². The summed E-state index contributed by atoms with van der Waals surface area (Å²) in [7, 11) is 1.35. The van der Waals surface area contributed by atoms with Crippen LogP contribution in [0, 0.1) is 20.2 Å². The maximum atomic E-state index is 12.3. The molecule has 0 unspecified atom stereocenters. The number of hydrogen-bond acceptors (Lipinski definition) is 7. The van der Waals surface area contributed by atoms with Gasteiger partial charge in [-0.15, -0.1) is 0 Å². The molecule has 1 N–H and O–H groups in total. The number of nitrogens with zero attached hydrogens (tertiary/aromatic N) is 2. The number of benzene rings is 2. The molecule has 0 spiro atoms. The lowest BCUT2D eigenvalue weighted by molar-refractivity contribution is -0.385. The summed E-state index contributed by atoms with van der Waals surface area (Å²) in [5, 5.41) is 24.3. The van der Waals surface area contributed by atoms with Gasteiger partial charge in [0, 0.05) is 12.1 Å². The largest absolute Gasteiger partial charge is 0.493 e. The Kier molecular flexibility index (Phi) is 5.68. The van der Waals surface area contributed by atoms with Crippen molar-refractivity contribution in [3.8, 4) is 11.5 Å². The third-order valence-electron chi connectivity index (χ3n) is 3.39. The third kappa shape index (κ3) is 4.23. The van der Waals surface area contributed by atoms with E-state index in [0.717, 1.165) is 6.07 Å². The summed E-state index contributed by atoms with van der Waals surface area (Å²) in [5.41, 5.74) is -0.475. The van der Waals surface area contributed by atoms with Crippen LogP contribution in [-0.2, 0) is 4.79 Å². The Labute approximate surface area is 147 Å². The zero-order valence-corrected chi connectivity index (χ0v) is 13.9. The minimum Gasteiger partial charge on any atom is -0.493 e. The van der Waals surface area contributed by atoms with Gasteiger partial charge in [0.05, 0.1) is 23.0 Å². The van der Waals surface area contributed by atoms with Crippen molar-refractivity contribution < 1.29 is 24.1 Å². The van der Waals surface area contributed by atoms with Crippen molar-refractivity contribution in [2.75, 3.05) is 12.4 Å². The second-order valence-electron chi connectivity index (χ2n) is 5.12. The number of non-ortho nitro benzene ring substituents is 1. The van der Waals surface area contributed by atoms with Crippen molar-refractivity contribution in [1.29, 1.82) is 0 Å². The minimum absolute atomic E-state index is 0.00640. The van der Waals surface area contributed by atoms with Crippen LogP contribution < -0.4 is 14.8 Å². The van der Waals surface area contributed by atoms with Gasteiger partial charge in [0.15, 0.2) is 17.6 Å². The molecule has 2 aromatic rings. The fraction of sp³-hybridized carbons (Fsp3) is 0.188. The minimum atomic E-state index is -1.09. The quantitative estimate of drug-likeness (QED) is 0.592. The molecule has 0 bridgehead atoms. The molecule has 26 heavy (non-hydrogen) atoms. The van der Waals surface area contributed by atoms with Crippen molar-refractivity contribution in [3.05, 3.63) is 62.7 Å². The van der Waals surface area contributed by atoms with Crippen LogP contribution in [-0.4, -0.2) is 29.0 Å². The monoisotopic (exact) mass is 361 g/mol. The van der Waals surface area contributed by atoms with Gasteiger partial charge in [-0.2, -0.15) is 0 Å². The maximum Gasteiger partial charge on any atom is 0.292 e. The smallest absolute Gasteiger partial charge is 0.292 e. The number of carbonyl (C=O) groups excluding carboxylic acids is 1. The Bertz CT molecular complexity index is 853. The number of anilines is 1. The average Bonchev–Trinajstić information content (AvgIpc) is 2.61. The normalized spacial score (nSPS) is 11.3. The summed E-state index contributed by atoms with van der Waals surface area (Å²) in [4.78, 5) is 32.9. The van der Waals surface area contributed by atoms with Gasteiger partial charge in [0.2, 0.25) is 0 Å². The summed E-state index contributed by atoms with van der Waals surface area (Å²) in [6, 6.07) is 9.37. The molecule has 2 rings (SSSR count). The topological polar surface area (TPSA) is 134 Å². The Hall–Kier alpha value is -3.69. The summed E-state index contributed by atoms with van der Waals surface area (Å²) in [6.07, 6.45) is -1.09. The predicted molar refractivity (Wildman–Crippen MR) is 91.5 cm³/mol. The fourth-order valence-corrected chi connectivity index (χ4v) is 2.09. The van der Waals surface area contributed by atoms with Crippen LogP contribution >= 0.6 is 0 Å². The fourth-order valence-electron chi connectivity index (χ4n) is 2.09. The summed E-state index contributed by atoms with van der Waals surface area (Å²) >= 11 is 0. The lowest BCUT2D eigenvalue weighted by Gasteiger charge is -2.16. The summed E-state index contributed by atoms with van der Waals surface area (Å²) in [6.45, 7) is 1.41. The van der Waals surface area contributed by atoms with Crippen molar-refractivity contribution >= 4 is 23.0 Å². The molecule has 10 heteroatoms. The molecular weight excluding hydrogens is 346 g/mol. The molecule has 0 saturated carbocycles. The molecule has 0 aliphatic heterocycles. The highest BCUT2D eigenvalue weighted by Crippen LogP contribution is 2.32. The van der Waals surface area contributed by atoms with E-state index in [1.165, 1.54) is 50.4 Å². The molecule has 2 aromatic carbocycles. The SMILES string of the molecule is COc1ccc([N+](=O)[O-])cc1O[C@@H](C)C(=O)Nc1ccccc1[N+](=O)[O-]. The van der Waals surface area contributed by atoms with E-state index in [2.05, 4.69) is 5.32 Å². The Morgan fingerprint density at radius 3 is 2.38 bits per heavy atom. The van der Waals surface area contributed by atoms with Crippen LogP contribution in [0.25, 0.3) is 0 Å². The molecule has 1 atom stereocenters. The van der Waals surface area contributed by atoms with E-state index in [1.54, 1.807) is 0 Å². The van der Waals surface area contributed by atoms with E-state index in [-0.39, 0.29) is 28.6 Å². The van der Waals surface area contributed by atoms with E-state index in [1.807, 2.05) is 0 Å². The first-order valence-electron chi connectivity index (χ1n) is 7.37. The number of nitrogens with one attached hydrogen (secondary N) is 1. The van der Waals surface area contributed by atoms with Gasteiger partial charge in [0.25, 0.3) is 17.3 Å². The van der Waals surface area contributed by atoms with Gasteiger partial charge in [-0.25, -0.2) is 0 Å². The highest BCUT2D eigenvalue weighted by atomic mass is 16.6. The number of para-hydroxylation sites is 2. The third-order valence-corrected chi connectivity index (χ3v) is 3.39. The van der Waals surface area contributed by atoms with Crippen LogP contribution in [0.15, 0.2) is 42.5 Å². The Morgan fingerprint density at radius 1 is 1.08 bits per heavy atom. The van der Waals surface area contributed by atoms with Crippen LogP contribution in [0.4, 0.5) is 17.1 Å². The summed E-state index contributed by atoms with van der Waals surface area (Å²) in [5.74, 6) is -0.444. The zero-order valence-electron chi connectivity index (χ0n) is 13.9. The molecule has 0 fully saturated rings. The van der Waals surface area contributed by atoms with Crippen molar-refractivity contribution in [2.24, 2.45) is 0 Å². The van der Waals surface area contributed by atoms with Crippen LogP contribution in [0.5, 0.6) is 11.5 Å². The first kappa shape index (κ1) is 18.6. The highest BCUT2D eigenvalue weighted by molar-refractivity contribution is 5.96. The standard InChI is InChI=1S/C16H15N3O7/c1-10(16(20)17-12-5-3-4-6-13(12)19(23)24)26-15-9-11(18(21)22)7-8-14(15)25-2/h3-10H,1-2H3,(H,17,20)/t10-/m0/s1. The molecule has 0 radical (unpaired) electrons. The van der Waals surface area contributed by atoms with Crippen LogP contribution in [0.3, 0.4) is 0 Å². The van der Waals surface area contributed by atoms with E-state index in [9.17, 15) is 25.0 Å². The van der Waals surface area contributed by atoms with Crippen LogP contribution in [0.1, 0.15) is 6.92 Å².